The van der Waals surface area contributed by atoms with Crippen LogP contribution in [0.15, 0.2) is 36.7 Å². The van der Waals surface area contributed by atoms with Crippen LogP contribution in [-0.4, -0.2) is 16.1 Å². The second-order valence-corrected chi connectivity index (χ2v) is 4.30. The van der Waals surface area contributed by atoms with Gasteiger partial charge in [0.15, 0.2) is 0 Å². The van der Waals surface area contributed by atoms with Gasteiger partial charge < -0.3 is 4.74 Å². The minimum Gasteiger partial charge on any atom is -0.491 e. The maximum absolute atomic E-state index is 5.82. The molecule has 0 spiro atoms. The normalized spacial score (nSPS) is 10.6. The fraction of sp³-hybridized carbons (Fsp3) is 0.231. The van der Waals surface area contributed by atoms with Crippen LogP contribution in [-0.2, 0) is 0 Å². The van der Waals surface area contributed by atoms with Crippen molar-refractivity contribution in [2.75, 3.05) is 0 Å². The predicted octanol–water partition coefficient (Wildman–Crippen LogP) is 3.58. The van der Waals surface area contributed by atoms with Gasteiger partial charge in [-0.05, 0) is 38.1 Å². The van der Waals surface area contributed by atoms with Crippen molar-refractivity contribution in [1.29, 1.82) is 0 Å². The Balaban J connectivity index is 2.23. The molecular weight excluding hydrogens is 236 g/mol. The zero-order valence-corrected chi connectivity index (χ0v) is 10.5. The Kier molecular flexibility index (Phi) is 3.59. The van der Waals surface area contributed by atoms with Gasteiger partial charge in [-0.3, -0.25) is 0 Å². The molecule has 88 valence electrons. The number of rotatable bonds is 3. The number of halogens is 1. The molecule has 0 fully saturated rings. The Morgan fingerprint density at radius 2 is 1.82 bits per heavy atom. The minimum atomic E-state index is 0.175. The molecule has 1 aromatic carbocycles. The molecule has 2 aromatic rings. The van der Waals surface area contributed by atoms with Crippen molar-refractivity contribution in [3.63, 3.8) is 0 Å². The molecule has 2 rings (SSSR count). The molecule has 0 bridgehead atoms. The highest BCUT2D eigenvalue weighted by atomic mass is 35.5. The summed E-state index contributed by atoms with van der Waals surface area (Å²) in [6.45, 7) is 4.00. The van der Waals surface area contributed by atoms with Crippen LogP contribution in [0.4, 0.5) is 0 Å². The van der Waals surface area contributed by atoms with Crippen molar-refractivity contribution in [2.24, 2.45) is 0 Å². The maximum atomic E-state index is 5.82. The smallest absolute Gasteiger partial charge is 0.133 e. The Hall–Kier alpha value is -1.61. The van der Waals surface area contributed by atoms with Crippen LogP contribution in [0.3, 0.4) is 0 Å². The fourth-order valence-electron chi connectivity index (χ4n) is 1.47. The van der Waals surface area contributed by atoms with Crippen LogP contribution >= 0.6 is 11.6 Å². The lowest BCUT2D eigenvalue weighted by molar-refractivity contribution is 0.242. The molecule has 0 amide bonds. The molecule has 0 atom stereocenters. The van der Waals surface area contributed by atoms with E-state index in [0.717, 1.165) is 17.0 Å². The highest BCUT2D eigenvalue weighted by Gasteiger charge is 2.02. The zero-order valence-electron chi connectivity index (χ0n) is 9.72. The van der Waals surface area contributed by atoms with Crippen LogP contribution in [0.2, 0.25) is 5.15 Å². The summed E-state index contributed by atoms with van der Waals surface area (Å²) in [4.78, 5) is 8.02. The van der Waals surface area contributed by atoms with Gasteiger partial charge in [0.1, 0.15) is 17.2 Å². The molecule has 17 heavy (non-hydrogen) atoms. The molecule has 4 heteroatoms. The lowest BCUT2D eigenvalue weighted by Gasteiger charge is -2.09. The Bertz CT molecular complexity index is 497. The molecule has 0 aliphatic rings. The first-order valence-corrected chi connectivity index (χ1v) is 5.77. The number of hydrogen-bond donors (Lipinski definition) is 0. The summed E-state index contributed by atoms with van der Waals surface area (Å²) in [6.07, 6.45) is 1.63. The van der Waals surface area contributed by atoms with Gasteiger partial charge in [0.2, 0.25) is 0 Å². The fourth-order valence-corrected chi connectivity index (χ4v) is 1.61. The first-order valence-electron chi connectivity index (χ1n) is 5.40. The monoisotopic (exact) mass is 248 g/mol. The van der Waals surface area contributed by atoms with Crippen molar-refractivity contribution in [2.45, 2.75) is 20.0 Å². The molecule has 0 unspecified atom stereocenters. The number of aromatic nitrogens is 2. The molecule has 0 saturated heterocycles. The molecule has 0 saturated carbocycles. The molecule has 0 aliphatic heterocycles. The quantitative estimate of drug-likeness (QED) is 0.779. The van der Waals surface area contributed by atoms with Gasteiger partial charge in [-0.15, -0.1) is 0 Å². The first kappa shape index (κ1) is 11.9. The standard InChI is InChI=1S/C13H13ClN2O/c1-9(2)17-11-5-3-10(4-6-11)12-7-13(14)16-8-15-12/h3-9H,1-2H3. The van der Waals surface area contributed by atoms with E-state index in [1.807, 2.05) is 38.1 Å². The van der Waals surface area contributed by atoms with E-state index >= 15 is 0 Å². The van der Waals surface area contributed by atoms with E-state index in [4.69, 9.17) is 16.3 Å². The molecule has 1 heterocycles. The van der Waals surface area contributed by atoms with Gasteiger partial charge in [0, 0.05) is 11.6 Å². The van der Waals surface area contributed by atoms with Crippen molar-refractivity contribution < 1.29 is 4.74 Å². The van der Waals surface area contributed by atoms with E-state index in [1.54, 1.807) is 6.07 Å². The highest BCUT2D eigenvalue weighted by Crippen LogP contribution is 2.22. The van der Waals surface area contributed by atoms with Gasteiger partial charge in [-0.1, -0.05) is 11.6 Å². The van der Waals surface area contributed by atoms with Crippen molar-refractivity contribution in [3.05, 3.63) is 41.8 Å². The molecule has 1 aromatic heterocycles. The SMILES string of the molecule is CC(C)Oc1ccc(-c2cc(Cl)ncn2)cc1. The third-order valence-corrected chi connectivity index (χ3v) is 2.36. The Morgan fingerprint density at radius 3 is 2.41 bits per heavy atom. The highest BCUT2D eigenvalue weighted by molar-refractivity contribution is 6.29. The molecule has 0 N–H and O–H groups in total. The Morgan fingerprint density at radius 1 is 1.12 bits per heavy atom. The van der Waals surface area contributed by atoms with E-state index in [9.17, 15) is 0 Å². The minimum absolute atomic E-state index is 0.175. The van der Waals surface area contributed by atoms with Gasteiger partial charge in [0.05, 0.1) is 11.8 Å². The third-order valence-electron chi connectivity index (χ3n) is 2.16. The van der Waals surface area contributed by atoms with Gasteiger partial charge >= 0.3 is 0 Å². The van der Waals surface area contributed by atoms with Crippen molar-refractivity contribution in [3.8, 4) is 17.0 Å². The summed E-state index contributed by atoms with van der Waals surface area (Å²) in [6, 6.07) is 9.49. The third kappa shape index (κ3) is 3.17. The first-order chi connectivity index (χ1) is 8.15. The maximum Gasteiger partial charge on any atom is 0.133 e. The molecule has 3 nitrogen and oxygen atoms in total. The van der Waals surface area contributed by atoms with E-state index in [-0.39, 0.29) is 6.10 Å². The van der Waals surface area contributed by atoms with Crippen LogP contribution in [0.1, 0.15) is 13.8 Å². The molecule has 0 radical (unpaired) electrons. The number of benzene rings is 1. The van der Waals surface area contributed by atoms with Crippen molar-refractivity contribution >= 4 is 11.6 Å². The van der Waals surface area contributed by atoms with Crippen LogP contribution in [0.25, 0.3) is 11.3 Å². The lowest BCUT2D eigenvalue weighted by Crippen LogP contribution is -2.05. The van der Waals surface area contributed by atoms with Crippen LogP contribution in [0, 0.1) is 0 Å². The van der Waals surface area contributed by atoms with E-state index in [2.05, 4.69) is 9.97 Å². The number of nitrogens with zero attached hydrogens (tertiary/aromatic N) is 2. The van der Waals surface area contributed by atoms with E-state index in [0.29, 0.717) is 5.15 Å². The Labute approximate surface area is 105 Å². The van der Waals surface area contributed by atoms with E-state index in [1.165, 1.54) is 6.33 Å². The lowest BCUT2D eigenvalue weighted by atomic mass is 10.1. The average molecular weight is 249 g/mol. The van der Waals surface area contributed by atoms with Crippen molar-refractivity contribution in [1.82, 2.24) is 9.97 Å². The number of hydrogen-bond acceptors (Lipinski definition) is 3. The van der Waals surface area contributed by atoms with Gasteiger partial charge in [0.25, 0.3) is 0 Å². The summed E-state index contributed by atoms with van der Waals surface area (Å²) in [7, 11) is 0. The number of ether oxygens (including phenoxy) is 1. The topological polar surface area (TPSA) is 35.0 Å². The average Bonchev–Trinajstić information content (AvgIpc) is 2.29. The summed E-state index contributed by atoms with van der Waals surface area (Å²) >= 11 is 5.82. The summed E-state index contributed by atoms with van der Waals surface area (Å²) < 4.78 is 5.57. The molecule has 0 aliphatic carbocycles. The van der Waals surface area contributed by atoms with Crippen LogP contribution in [0.5, 0.6) is 5.75 Å². The summed E-state index contributed by atoms with van der Waals surface area (Å²) in [5, 5.41) is 0.442. The molecular formula is C13H13ClN2O. The van der Waals surface area contributed by atoms with E-state index < -0.39 is 0 Å². The van der Waals surface area contributed by atoms with Crippen LogP contribution < -0.4 is 4.74 Å². The van der Waals surface area contributed by atoms with Gasteiger partial charge in [-0.2, -0.15) is 0 Å². The second-order valence-electron chi connectivity index (χ2n) is 3.92. The summed E-state index contributed by atoms with van der Waals surface area (Å²) in [5.41, 5.74) is 1.80. The zero-order chi connectivity index (χ0) is 12.3. The second kappa shape index (κ2) is 5.15. The van der Waals surface area contributed by atoms with Gasteiger partial charge in [-0.25, -0.2) is 9.97 Å². The summed E-state index contributed by atoms with van der Waals surface area (Å²) in [5.74, 6) is 0.851. The largest absolute Gasteiger partial charge is 0.491 e. The predicted molar refractivity (Wildman–Crippen MR) is 68.2 cm³/mol.